The largest absolute Gasteiger partial charge is 0.444 e. The first-order valence-corrected chi connectivity index (χ1v) is 5.98. The van der Waals surface area contributed by atoms with Crippen LogP contribution in [0.5, 0.6) is 0 Å². The van der Waals surface area contributed by atoms with Gasteiger partial charge in [0.05, 0.1) is 0 Å². The van der Waals surface area contributed by atoms with Crippen LogP contribution >= 0.6 is 0 Å². The van der Waals surface area contributed by atoms with E-state index in [1.54, 1.807) is 0 Å². The summed E-state index contributed by atoms with van der Waals surface area (Å²) < 4.78 is 5.39. The summed E-state index contributed by atoms with van der Waals surface area (Å²) in [7, 11) is 0. The molecule has 2 aliphatic heterocycles. The summed E-state index contributed by atoms with van der Waals surface area (Å²) in [5, 5.41) is 0. The summed E-state index contributed by atoms with van der Waals surface area (Å²) in [6, 6.07) is 0.590. The number of ether oxygens (including phenoxy) is 1. The predicted molar refractivity (Wildman–Crippen MR) is 62.1 cm³/mol. The van der Waals surface area contributed by atoms with Crippen molar-refractivity contribution >= 4 is 6.09 Å². The monoisotopic (exact) mass is 226 g/mol. The molecule has 1 amide bonds. The lowest BCUT2D eigenvalue weighted by atomic mass is 9.70. The SMILES string of the molecule is CC1(N)CC2CC(C1)N2C(=O)OC(C)(C)C. The van der Waals surface area contributed by atoms with Crippen molar-refractivity contribution in [3.63, 3.8) is 0 Å². The van der Waals surface area contributed by atoms with Crippen LogP contribution in [0.15, 0.2) is 0 Å². The van der Waals surface area contributed by atoms with E-state index in [2.05, 4.69) is 6.92 Å². The molecule has 0 aromatic carbocycles. The zero-order valence-corrected chi connectivity index (χ0v) is 10.6. The molecule has 16 heavy (non-hydrogen) atoms. The Morgan fingerprint density at radius 1 is 1.38 bits per heavy atom. The minimum Gasteiger partial charge on any atom is -0.444 e. The van der Waals surface area contributed by atoms with Crippen molar-refractivity contribution < 1.29 is 9.53 Å². The fourth-order valence-electron chi connectivity index (χ4n) is 2.84. The second-order valence-corrected chi connectivity index (χ2v) is 6.49. The van der Waals surface area contributed by atoms with Crippen LogP contribution in [0.2, 0.25) is 0 Å². The molecular formula is C12H22N2O2. The summed E-state index contributed by atoms with van der Waals surface area (Å²) in [6.45, 7) is 7.76. The van der Waals surface area contributed by atoms with Crippen LogP contribution in [0.25, 0.3) is 0 Å². The maximum absolute atomic E-state index is 11.9. The van der Waals surface area contributed by atoms with E-state index in [9.17, 15) is 4.79 Å². The number of carbonyl (C=O) groups is 1. The van der Waals surface area contributed by atoms with E-state index < -0.39 is 5.60 Å². The van der Waals surface area contributed by atoms with Crippen LogP contribution in [0, 0.1) is 0 Å². The summed E-state index contributed by atoms with van der Waals surface area (Å²) >= 11 is 0. The van der Waals surface area contributed by atoms with E-state index >= 15 is 0 Å². The number of hydrogen-bond donors (Lipinski definition) is 1. The zero-order valence-electron chi connectivity index (χ0n) is 10.6. The van der Waals surface area contributed by atoms with Crippen molar-refractivity contribution in [2.75, 3.05) is 0 Å². The van der Waals surface area contributed by atoms with Gasteiger partial charge in [-0.25, -0.2) is 4.79 Å². The van der Waals surface area contributed by atoms with Gasteiger partial charge in [-0.15, -0.1) is 0 Å². The lowest BCUT2D eigenvalue weighted by Gasteiger charge is -2.57. The standard InChI is InChI=1S/C12H22N2O2/c1-11(2,3)16-10(15)14-8-5-9(14)7-12(4,13)6-8/h8-9H,5-7,13H2,1-4H3. The zero-order chi connectivity index (χ0) is 12.1. The Labute approximate surface area is 97.1 Å². The third-order valence-electron chi connectivity index (χ3n) is 3.34. The quantitative estimate of drug-likeness (QED) is 0.686. The van der Waals surface area contributed by atoms with E-state index in [-0.39, 0.29) is 11.6 Å². The van der Waals surface area contributed by atoms with Gasteiger partial charge in [-0.1, -0.05) is 0 Å². The number of nitrogens with two attached hydrogens (primary N) is 1. The number of nitrogens with zero attached hydrogens (tertiary/aromatic N) is 1. The first-order chi connectivity index (χ1) is 7.18. The smallest absolute Gasteiger partial charge is 0.410 e. The number of rotatable bonds is 0. The molecule has 2 unspecified atom stereocenters. The Hall–Kier alpha value is -0.770. The van der Waals surface area contributed by atoms with Crippen LogP contribution in [0.1, 0.15) is 47.0 Å². The molecule has 1 saturated carbocycles. The number of fused-ring (bicyclic) bond motifs is 2. The van der Waals surface area contributed by atoms with Crippen molar-refractivity contribution in [2.45, 2.75) is 70.2 Å². The van der Waals surface area contributed by atoms with Gasteiger partial charge in [0, 0.05) is 17.6 Å². The molecule has 3 aliphatic rings. The molecule has 0 spiro atoms. The molecule has 2 atom stereocenters. The average molecular weight is 226 g/mol. The first-order valence-electron chi connectivity index (χ1n) is 5.98. The van der Waals surface area contributed by atoms with Gasteiger partial charge in [0.2, 0.25) is 0 Å². The maximum Gasteiger partial charge on any atom is 0.410 e. The van der Waals surface area contributed by atoms with Crippen molar-refractivity contribution in [3.05, 3.63) is 0 Å². The van der Waals surface area contributed by atoms with Crippen molar-refractivity contribution in [2.24, 2.45) is 5.73 Å². The van der Waals surface area contributed by atoms with E-state index in [0.717, 1.165) is 19.3 Å². The fourth-order valence-corrected chi connectivity index (χ4v) is 2.84. The minimum absolute atomic E-state index is 0.105. The number of carbonyl (C=O) groups excluding carboxylic acids is 1. The Bertz CT molecular complexity index is 293. The Kier molecular flexibility index (Phi) is 2.46. The molecule has 1 aliphatic carbocycles. The molecule has 4 nitrogen and oxygen atoms in total. The van der Waals surface area contributed by atoms with Crippen LogP contribution in [0.4, 0.5) is 4.79 Å². The van der Waals surface area contributed by atoms with Gasteiger partial charge in [0.25, 0.3) is 0 Å². The Morgan fingerprint density at radius 2 is 1.88 bits per heavy atom. The van der Waals surface area contributed by atoms with Gasteiger partial charge in [-0.05, 0) is 47.0 Å². The lowest BCUT2D eigenvalue weighted by Crippen LogP contribution is -2.68. The van der Waals surface area contributed by atoms with Gasteiger partial charge in [-0.2, -0.15) is 0 Å². The van der Waals surface area contributed by atoms with Gasteiger partial charge in [-0.3, -0.25) is 0 Å². The highest BCUT2D eigenvalue weighted by Crippen LogP contribution is 2.42. The van der Waals surface area contributed by atoms with Crippen molar-refractivity contribution in [1.82, 2.24) is 4.90 Å². The van der Waals surface area contributed by atoms with E-state index in [4.69, 9.17) is 10.5 Å². The first kappa shape index (κ1) is 11.7. The molecule has 4 heteroatoms. The summed E-state index contributed by atoms with van der Waals surface area (Å²) in [5.41, 5.74) is 5.59. The topological polar surface area (TPSA) is 55.6 Å². The third kappa shape index (κ3) is 2.17. The average Bonchev–Trinajstić information content (AvgIpc) is 1.95. The molecule has 2 saturated heterocycles. The van der Waals surface area contributed by atoms with Crippen LogP contribution in [-0.4, -0.2) is 34.2 Å². The molecular weight excluding hydrogens is 204 g/mol. The molecule has 3 fully saturated rings. The summed E-state index contributed by atoms with van der Waals surface area (Å²) in [5.74, 6) is 0. The number of piperidine rings is 1. The number of amides is 1. The van der Waals surface area contributed by atoms with Crippen molar-refractivity contribution in [1.29, 1.82) is 0 Å². The molecule has 0 aromatic heterocycles. The van der Waals surface area contributed by atoms with Gasteiger partial charge in [0.1, 0.15) is 5.60 Å². The molecule has 2 N–H and O–H groups in total. The van der Waals surface area contributed by atoms with Gasteiger partial charge >= 0.3 is 6.09 Å². The highest BCUT2D eigenvalue weighted by atomic mass is 16.6. The molecule has 2 bridgehead atoms. The second-order valence-electron chi connectivity index (χ2n) is 6.49. The van der Waals surface area contributed by atoms with Crippen LogP contribution < -0.4 is 5.73 Å². The highest BCUT2D eigenvalue weighted by molar-refractivity contribution is 5.70. The second kappa shape index (κ2) is 3.36. The predicted octanol–water partition coefficient (Wildman–Crippen LogP) is 1.88. The minimum atomic E-state index is -0.410. The summed E-state index contributed by atoms with van der Waals surface area (Å²) in [4.78, 5) is 13.8. The highest BCUT2D eigenvalue weighted by Gasteiger charge is 2.51. The fraction of sp³-hybridized carbons (Fsp3) is 0.917. The Morgan fingerprint density at radius 3 is 2.31 bits per heavy atom. The van der Waals surface area contributed by atoms with E-state index in [1.165, 1.54) is 0 Å². The maximum atomic E-state index is 11.9. The normalized spacial score (nSPS) is 37.9. The van der Waals surface area contributed by atoms with Crippen LogP contribution in [-0.2, 0) is 4.74 Å². The molecule has 3 rings (SSSR count). The van der Waals surface area contributed by atoms with Gasteiger partial charge in [0.15, 0.2) is 0 Å². The lowest BCUT2D eigenvalue weighted by molar-refractivity contribution is -0.0681. The molecule has 92 valence electrons. The van der Waals surface area contributed by atoms with Crippen molar-refractivity contribution in [3.8, 4) is 0 Å². The van der Waals surface area contributed by atoms with E-state index in [0.29, 0.717) is 12.1 Å². The molecule has 0 radical (unpaired) electrons. The van der Waals surface area contributed by atoms with Crippen LogP contribution in [0.3, 0.4) is 0 Å². The Balaban J connectivity index is 1.97. The summed E-state index contributed by atoms with van der Waals surface area (Å²) in [6.07, 6.45) is 2.70. The molecule has 2 heterocycles. The molecule has 0 aromatic rings. The van der Waals surface area contributed by atoms with Gasteiger partial charge < -0.3 is 15.4 Å². The third-order valence-corrected chi connectivity index (χ3v) is 3.34. The number of hydrogen-bond acceptors (Lipinski definition) is 3. The van der Waals surface area contributed by atoms with E-state index in [1.807, 2.05) is 25.7 Å².